The highest BCUT2D eigenvalue weighted by atomic mass is 32.1. The van der Waals surface area contributed by atoms with Crippen LogP contribution in [0.25, 0.3) is 20.2 Å². The van der Waals surface area contributed by atoms with Gasteiger partial charge in [-0.25, -0.2) is 4.98 Å². The molecule has 0 amide bonds. The van der Waals surface area contributed by atoms with Crippen LogP contribution in [0.15, 0.2) is 28.2 Å². The standard InChI is InChI=1S/C13H12N2OS2/c1-2-8(1)14-6-9-7-16-13(15-9)12-5-11-10(18-12)3-4-17-11/h3-5,7-8,14H,1-2,6H2. The number of hydrogen-bond acceptors (Lipinski definition) is 5. The van der Waals surface area contributed by atoms with Gasteiger partial charge in [0.1, 0.15) is 6.26 Å². The van der Waals surface area contributed by atoms with Gasteiger partial charge in [0.05, 0.1) is 10.6 Å². The second-order valence-corrected chi connectivity index (χ2v) is 6.59. The zero-order chi connectivity index (χ0) is 11.9. The molecule has 3 aromatic rings. The van der Waals surface area contributed by atoms with Gasteiger partial charge in [0, 0.05) is 22.0 Å². The molecule has 4 rings (SSSR count). The first-order valence-corrected chi connectivity index (χ1v) is 7.73. The molecule has 0 spiro atoms. The maximum Gasteiger partial charge on any atom is 0.236 e. The molecule has 92 valence electrons. The van der Waals surface area contributed by atoms with Crippen LogP contribution in [0.3, 0.4) is 0 Å². The van der Waals surface area contributed by atoms with Gasteiger partial charge in [0.2, 0.25) is 5.89 Å². The van der Waals surface area contributed by atoms with E-state index >= 15 is 0 Å². The fraction of sp³-hybridized carbons (Fsp3) is 0.308. The quantitative estimate of drug-likeness (QED) is 0.786. The number of nitrogens with one attached hydrogen (secondary N) is 1. The van der Waals surface area contributed by atoms with Crippen LogP contribution in [0.4, 0.5) is 0 Å². The fourth-order valence-electron chi connectivity index (χ4n) is 1.91. The van der Waals surface area contributed by atoms with Crippen molar-refractivity contribution in [2.45, 2.75) is 25.4 Å². The Morgan fingerprint density at radius 1 is 1.39 bits per heavy atom. The van der Waals surface area contributed by atoms with Crippen molar-refractivity contribution < 1.29 is 4.42 Å². The summed E-state index contributed by atoms with van der Waals surface area (Å²) >= 11 is 3.50. The number of aromatic nitrogens is 1. The number of hydrogen-bond donors (Lipinski definition) is 1. The first-order chi connectivity index (χ1) is 8.88. The molecule has 0 bridgehead atoms. The molecule has 3 heterocycles. The van der Waals surface area contributed by atoms with E-state index < -0.39 is 0 Å². The Kier molecular flexibility index (Phi) is 2.50. The van der Waals surface area contributed by atoms with Gasteiger partial charge >= 0.3 is 0 Å². The summed E-state index contributed by atoms with van der Waals surface area (Å²) in [4.78, 5) is 5.66. The van der Waals surface area contributed by atoms with Crippen LogP contribution in [0.2, 0.25) is 0 Å². The van der Waals surface area contributed by atoms with E-state index in [0.717, 1.165) is 23.0 Å². The summed E-state index contributed by atoms with van der Waals surface area (Å²) < 4.78 is 8.19. The predicted octanol–water partition coefficient (Wildman–Crippen LogP) is 3.87. The topological polar surface area (TPSA) is 38.1 Å². The van der Waals surface area contributed by atoms with Crippen LogP contribution in [0.5, 0.6) is 0 Å². The average molecular weight is 276 g/mol. The van der Waals surface area contributed by atoms with Crippen molar-refractivity contribution >= 4 is 32.1 Å². The van der Waals surface area contributed by atoms with Gasteiger partial charge in [0.25, 0.3) is 0 Å². The molecule has 0 atom stereocenters. The lowest BCUT2D eigenvalue weighted by Crippen LogP contribution is -2.15. The zero-order valence-corrected chi connectivity index (χ0v) is 11.3. The van der Waals surface area contributed by atoms with Gasteiger partial charge in [-0.3, -0.25) is 0 Å². The molecular formula is C13H12N2OS2. The number of thiophene rings is 2. The van der Waals surface area contributed by atoms with Crippen LogP contribution in [-0.2, 0) is 6.54 Å². The highest BCUT2D eigenvalue weighted by molar-refractivity contribution is 7.28. The zero-order valence-electron chi connectivity index (χ0n) is 9.68. The molecule has 3 nitrogen and oxygen atoms in total. The SMILES string of the molecule is c1cc2sc(-c3nc(CNC4CC4)co3)cc2s1. The molecule has 0 aromatic carbocycles. The summed E-state index contributed by atoms with van der Waals surface area (Å²) in [5.74, 6) is 0.746. The van der Waals surface area contributed by atoms with Gasteiger partial charge in [-0.15, -0.1) is 22.7 Å². The second-order valence-electron chi connectivity index (χ2n) is 4.56. The second kappa shape index (κ2) is 4.19. The Balaban J connectivity index is 1.57. The van der Waals surface area contributed by atoms with Gasteiger partial charge < -0.3 is 9.73 Å². The summed E-state index contributed by atoms with van der Waals surface area (Å²) in [6.07, 6.45) is 4.36. The maximum atomic E-state index is 5.57. The van der Waals surface area contributed by atoms with E-state index in [0.29, 0.717) is 6.04 Å². The Bertz CT molecular complexity index is 649. The molecule has 1 aliphatic rings. The molecule has 1 fully saturated rings. The molecule has 18 heavy (non-hydrogen) atoms. The van der Waals surface area contributed by atoms with Crippen LogP contribution in [0, 0.1) is 0 Å². The highest BCUT2D eigenvalue weighted by Crippen LogP contribution is 2.35. The fourth-order valence-corrected chi connectivity index (χ4v) is 3.95. The first kappa shape index (κ1) is 10.7. The molecule has 0 unspecified atom stereocenters. The average Bonchev–Trinajstić information content (AvgIpc) is 2.79. The molecule has 1 N–H and O–H groups in total. The monoisotopic (exact) mass is 276 g/mol. The summed E-state index contributed by atoms with van der Waals surface area (Å²) in [6.45, 7) is 0.813. The number of oxazole rings is 1. The first-order valence-electron chi connectivity index (χ1n) is 6.04. The molecule has 1 aliphatic carbocycles. The minimum Gasteiger partial charge on any atom is -0.444 e. The Hall–Kier alpha value is -1.17. The molecule has 3 aromatic heterocycles. The smallest absolute Gasteiger partial charge is 0.236 e. The van der Waals surface area contributed by atoms with Crippen molar-refractivity contribution in [1.82, 2.24) is 10.3 Å². The Morgan fingerprint density at radius 3 is 3.17 bits per heavy atom. The van der Waals surface area contributed by atoms with Crippen molar-refractivity contribution in [2.24, 2.45) is 0 Å². The number of rotatable bonds is 4. The van der Waals surface area contributed by atoms with Crippen LogP contribution >= 0.6 is 22.7 Å². The van der Waals surface area contributed by atoms with E-state index in [1.807, 2.05) is 0 Å². The van der Waals surface area contributed by atoms with Crippen molar-refractivity contribution in [2.75, 3.05) is 0 Å². The summed E-state index contributed by atoms with van der Waals surface area (Å²) in [5, 5.41) is 5.56. The van der Waals surface area contributed by atoms with Gasteiger partial charge in [0.15, 0.2) is 0 Å². The Morgan fingerprint density at radius 2 is 2.33 bits per heavy atom. The van der Waals surface area contributed by atoms with E-state index in [4.69, 9.17) is 4.42 Å². The predicted molar refractivity (Wildman–Crippen MR) is 75.1 cm³/mol. The molecule has 1 saturated carbocycles. The number of nitrogens with zero attached hydrogens (tertiary/aromatic N) is 1. The maximum absolute atomic E-state index is 5.57. The molecular weight excluding hydrogens is 264 g/mol. The minimum atomic E-state index is 0.706. The lowest BCUT2D eigenvalue weighted by Gasteiger charge is -1.95. The van der Waals surface area contributed by atoms with Crippen molar-refractivity contribution in [1.29, 1.82) is 0 Å². The van der Waals surface area contributed by atoms with Crippen LogP contribution in [0.1, 0.15) is 18.5 Å². The van der Waals surface area contributed by atoms with Gasteiger partial charge in [-0.2, -0.15) is 0 Å². The third-order valence-electron chi connectivity index (χ3n) is 3.05. The van der Waals surface area contributed by atoms with E-state index in [9.17, 15) is 0 Å². The van der Waals surface area contributed by atoms with Crippen molar-refractivity contribution in [3.63, 3.8) is 0 Å². The van der Waals surface area contributed by atoms with E-state index in [1.54, 1.807) is 28.9 Å². The largest absolute Gasteiger partial charge is 0.444 e. The van der Waals surface area contributed by atoms with Gasteiger partial charge in [-0.05, 0) is 30.4 Å². The van der Waals surface area contributed by atoms with E-state index in [-0.39, 0.29) is 0 Å². The van der Waals surface area contributed by atoms with E-state index in [1.165, 1.54) is 22.2 Å². The normalized spacial score (nSPS) is 15.6. The van der Waals surface area contributed by atoms with Gasteiger partial charge in [-0.1, -0.05) is 0 Å². The molecule has 0 radical (unpaired) electrons. The van der Waals surface area contributed by atoms with Crippen molar-refractivity contribution in [3.05, 3.63) is 29.5 Å². The summed E-state index contributed by atoms with van der Waals surface area (Å²) in [7, 11) is 0. The molecule has 0 saturated heterocycles. The molecule has 5 heteroatoms. The Labute approximate surface area is 112 Å². The number of fused-ring (bicyclic) bond motifs is 1. The lowest BCUT2D eigenvalue weighted by molar-refractivity contribution is 0.571. The van der Waals surface area contributed by atoms with Crippen LogP contribution in [-0.4, -0.2) is 11.0 Å². The summed E-state index contributed by atoms with van der Waals surface area (Å²) in [6, 6.07) is 5.01. The van der Waals surface area contributed by atoms with E-state index in [2.05, 4.69) is 27.8 Å². The van der Waals surface area contributed by atoms with Crippen molar-refractivity contribution in [3.8, 4) is 10.8 Å². The summed E-state index contributed by atoms with van der Waals surface area (Å²) in [5.41, 5.74) is 0.994. The third-order valence-corrected chi connectivity index (χ3v) is 5.13. The third kappa shape index (κ3) is 1.98. The van der Waals surface area contributed by atoms with Crippen LogP contribution < -0.4 is 5.32 Å². The lowest BCUT2D eigenvalue weighted by atomic mass is 10.4. The minimum absolute atomic E-state index is 0.706. The highest BCUT2D eigenvalue weighted by Gasteiger charge is 2.20. The molecule has 0 aliphatic heterocycles.